The fraction of sp³-hybridized carbons (Fsp3) is 0.297. The SMILES string of the molecule is COc1ccc(C)cc1N(CC(=O)N(Cc1ccc(F)cc1)C(Cc1ccccc1)C(=O)NC(C)(C)C)S(=O)(=O)c1ccc(C)cc1. The van der Waals surface area contributed by atoms with Crippen molar-refractivity contribution in [2.45, 2.75) is 64.1 Å². The minimum atomic E-state index is -4.31. The average Bonchev–Trinajstić information content (AvgIpc) is 3.02. The zero-order valence-electron chi connectivity index (χ0n) is 27.7. The number of hydrogen-bond donors (Lipinski definition) is 1. The molecule has 4 aromatic carbocycles. The van der Waals surface area contributed by atoms with Gasteiger partial charge in [0.2, 0.25) is 11.8 Å². The van der Waals surface area contributed by atoms with Crippen molar-refractivity contribution in [2.24, 2.45) is 0 Å². The Bertz CT molecular complexity index is 1790. The van der Waals surface area contributed by atoms with Gasteiger partial charge < -0.3 is 15.0 Å². The van der Waals surface area contributed by atoms with Gasteiger partial charge in [-0.1, -0.05) is 66.2 Å². The topological polar surface area (TPSA) is 96.0 Å². The van der Waals surface area contributed by atoms with Crippen LogP contribution in [0.1, 0.15) is 43.0 Å². The van der Waals surface area contributed by atoms with Gasteiger partial charge in [0.05, 0.1) is 17.7 Å². The van der Waals surface area contributed by atoms with Crippen LogP contribution in [0.25, 0.3) is 0 Å². The van der Waals surface area contributed by atoms with E-state index in [0.29, 0.717) is 5.56 Å². The predicted molar refractivity (Wildman–Crippen MR) is 182 cm³/mol. The molecule has 0 aliphatic heterocycles. The van der Waals surface area contributed by atoms with Crippen molar-refractivity contribution in [3.8, 4) is 5.75 Å². The molecule has 1 atom stereocenters. The van der Waals surface area contributed by atoms with Crippen LogP contribution in [-0.4, -0.2) is 50.4 Å². The molecule has 0 aromatic heterocycles. The van der Waals surface area contributed by atoms with Crippen molar-refractivity contribution in [1.29, 1.82) is 0 Å². The molecule has 0 aliphatic carbocycles. The number of rotatable bonds is 12. The Labute approximate surface area is 277 Å². The maximum Gasteiger partial charge on any atom is 0.264 e. The first-order chi connectivity index (χ1) is 22.2. The second kappa shape index (κ2) is 14.8. The molecule has 10 heteroatoms. The maximum atomic E-state index is 14.6. The van der Waals surface area contributed by atoms with Crippen LogP contribution in [0.4, 0.5) is 10.1 Å². The Hall–Kier alpha value is -4.70. The number of aryl methyl sites for hydroxylation is 2. The standard InChI is InChI=1S/C37H42FN3O5S/c1-26-12-19-31(20-13-26)47(44,45)41(32-22-27(2)14-21-34(32)46-6)25-35(42)40(24-29-15-17-30(38)18-16-29)33(36(43)39-37(3,4)5)23-28-10-8-7-9-11-28/h7-22,33H,23-25H2,1-6H3,(H,39,43). The summed E-state index contributed by atoms with van der Waals surface area (Å²) in [5, 5.41) is 3.00. The average molecular weight is 660 g/mol. The molecule has 0 spiro atoms. The molecule has 4 rings (SSSR count). The number of carbonyl (C=O) groups excluding carboxylic acids is 2. The zero-order chi connectivity index (χ0) is 34.4. The normalized spacial score (nSPS) is 12.2. The van der Waals surface area contributed by atoms with Crippen molar-refractivity contribution < 1.29 is 27.1 Å². The van der Waals surface area contributed by atoms with Crippen LogP contribution in [0, 0.1) is 19.7 Å². The summed E-state index contributed by atoms with van der Waals surface area (Å²) in [6.07, 6.45) is 0.161. The fourth-order valence-corrected chi connectivity index (χ4v) is 6.56. The lowest BCUT2D eigenvalue weighted by molar-refractivity contribution is -0.140. The molecule has 0 radical (unpaired) electrons. The molecule has 0 aliphatic rings. The van der Waals surface area contributed by atoms with E-state index in [4.69, 9.17) is 4.74 Å². The Balaban J connectivity index is 1.86. The summed E-state index contributed by atoms with van der Waals surface area (Å²) in [4.78, 5) is 30.0. The van der Waals surface area contributed by atoms with Gasteiger partial charge in [-0.25, -0.2) is 12.8 Å². The molecule has 0 saturated heterocycles. The van der Waals surface area contributed by atoms with E-state index in [0.717, 1.165) is 21.0 Å². The Kier molecular flexibility index (Phi) is 11.1. The van der Waals surface area contributed by atoms with E-state index in [9.17, 15) is 22.4 Å². The number of hydrogen-bond acceptors (Lipinski definition) is 5. The smallest absolute Gasteiger partial charge is 0.264 e. The second-order valence-electron chi connectivity index (χ2n) is 12.6. The van der Waals surface area contributed by atoms with E-state index in [1.54, 1.807) is 42.5 Å². The highest BCUT2D eigenvalue weighted by Gasteiger charge is 2.36. The number of amides is 2. The molecule has 0 saturated carbocycles. The van der Waals surface area contributed by atoms with Gasteiger partial charge in [-0.2, -0.15) is 0 Å². The second-order valence-corrected chi connectivity index (χ2v) is 14.5. The van der Waals surface area contributed by atoms with Gasteiger partial charge in [0.15, 0.2) is 0 Å². The molecule has 248 valence electrons. The lowest BCUT2D eigenvalue weighted by Crippen LogP contribution is -2.56. The van der Waals surface area contributed by atoms with Gasteiger partial charge in [0.1, 0.15) is 24.2 Å². The Morgan fingerprint density at radius 1 is 0.851 bits per heavy atom. The highest BCUT2D eigenvalue weighted by molar-refractivity contribution is 7.92. The number of benzene rings is 4. The largest absolute Gasteiger partial charge is 0.495 e. The molecule has 0 fully saturated rings. The van der Waals surface area contributed by atoms with E-state index in [-0.39, 0.29) is 29.3 Å². The van der Waals surface area contributed by atoms with Gasteiger partial charge in [-0.3, -0.25) is 13.9 Å². The summed E-state index contributed by atoms with van der Waals surface area (Å²) < 4.78 is 49.2. The van der Waals surface area contributed by atoms with E-state index in [2.05, 4.69) is 5.32 Å². The number of methoxy groups -OCH3 is 1. The number of anilines is 1. The highest BCUT2D eigenvalue weighted by atomic mass is 32.2. The summed E-state index contributed by atoms with van der Waals surface area (Å²) in [7, 11) is -2.87. The molecule has 8 nitrogen and oxygen atoms in total. The van der Waals surface area contributed by atoms with Crippen molar-refractivity contribution in [3.63, 3.8) is 0 Å². The summed E-state index contributed by atoms with van der Waals surface area (Å²) in [5.41, 5.74) is 2.57. The van der Waals surface area contributed by atoms with Crippen molar-refractivity contribution >= 4 is 27.5 Å². The molecule has 0 bridgehead atoms. The van der Waals surface area contributed by atoms with Crippen LogP contribution in [-0.2, 0) is 32.6 Å². The summed E-state index contributed by atoms with van der Waals surface area (Å²) in [6.45, 7) is 8.49. The fourth-order valence-electron chi connectivity index (χ4n) is 5.14. The van der Waals surface area contributed by atoms with E-state index in [1.165, 1.54) is 36.3 Å². The van der Waals surface area contributed by atoms with Crippen LogP contribution in [0.2, 0.25) is 0 Å². The number of halogens is 1. The van der Waals surface area contributed by atoms with E-state index in [1.807, 2.05) is 65.0 Å². The van der Waals surface area contributed by atoms with Gasteiger partial charge in [-0.05, 0) is 87.7 Å². The van der Waals surface area contributed by atoms with Gasteiger partial charge in [-0.15, -0.1) is 0 Å². The maximum absolute atomic E-state index is 14.6. The summed E-state index contributed by atoms with van der Waals surface area (Å²) >= 11 is 0. The number of carbonyl (C=O) groups is 2. The number of nitrogens with zero attached hydrogens (tertiary/aromatic N) is 2. The molecule has 0 heterocycles. The van der Waals surface area contributed by atoms with E-state index < -0.39 is 45.8 Å². The van der Waals surface area contributed by atoms with Gasteiger partial charge in [0.25, 0.3) is 10.0 Å². The zero-order valence-corrected chi connectivity index (χ0v) is 28.5. The Morgan fingerprint density at radius 3 is 2.06 bits per heavy atom. The lowest BCUT2D eigenvalue weighted by atomic mass is 10.0. The molecule has 2 amide bonds. The molecule has 47 heavy (non-hydrogen) atoms. The number of ether oxygens (including phenoxy) is 1. The van der Waals surface area contributed by atoms with E-state index >= 15 is 0 Å². The first-order valence-electron chi connectivity index (χ1n) is 15.3. The van der Waals surface area contributed by atoms with Crippen LogP contribution >= 0.6 is 0 Å². The van der Waals surface area contributed by atoms with Gasteiger partial charge >= 0.3 is 0 Å². The quantitative estimate of drug-likeness (QED) is 0.195. The van der Waals surface area contributed by atoms with Crippen molar-refractivity contribution in [3.05, 3.63) is 125 Å². The third kappa shape index (κ3) is 9.19. The first-order valence-corrected chi connectivity index (χ1v) is 16.8. The third-order valence-electron chi connectivity index (χ3n) is 7.53. The number of nitrogens with one attached hydrogen (secondary N) is 1. The molecule has 1 N–H and O–H groups in total. The van der Waals surface area contributed by atoms with Crippen LogP contribution in [0.3, 0.4) is 0 Å². The third-order valence-corrected chi connectivity index (χ3v) is 9.30. The molecular weight excluding hydrogens is 617 g/mol. The molecule has 1 unspecified atom stereocenters. The first kappa shape index (κ1) is 35.2. The van der Waals surface area contributed by atoms with Crippen LogP contribution in [0.15, 0.2) is 102 Å². The summed E-state index contributed by atoms with van der Waals surface area (Å²) in [5.74, 6) is -1.22. The minimum Gasteiger partial charge on any atom is -0.495 e. The lowest BCUT2D eigenvalue weighted by Gasteiger charge is -2.35. The van der Waals surface area contributed by atoms with Crippen LogP contribution < -0.4 is 14.4 Å². The van der Waals surface area contributed by atoms with Gasteiger partial charge in [0, 0.05) is 18.5 Å². The number of sulfonamides is 1. The monoisotopic (exact) mass is 659 g/mol. The summed E-state index contributed by atoms with van der Waals surface area (Å²) in [6, 6.07) is 25.4. The molecule has 4 aromatic rings. The van der Waals surface area contributed by atoms with Crippen molar-refractivity contribution in [1.82, 2.24) is 10.2 Å². The predicted octanol–water partition coefficient (Wildman–Crippen LogP) is 6.20. The Morgan fingerprint density at radius 2 is 1.47 bits per heavy atom. The van der Waals surface area contributed by atoms with Crippen LogP contribution in [0.5, 0.6) is 5.75 Å². The highest BCUT2D eigenvalue weighted by Crippen LogP contribution is 2.34. The minimum absolute atomic E-state index is 0.00384. The van der Waals surface area contributed by atoms with Crippen molar-refractivity contribution in [2.75, 3.05) is 18.0 Å². The molecular formula is C37H42FN3O5S.